The zero-order chi connectivity index (χ0) is 12.1. The molecular formula is C12H18N4. The minimum absolute atomic E-state index is 0.409. The number of anilines is 1. The third-order valence-corrected chi connectivity index (χ3v) is 2.69. The molecule has 0 saturated heterocycles. The van der Waals surface area contributed by atoms with E-state index in [1.54, 1.807) is 6.07 Å². The quantitative estimate of drug-likeness (QED) is 0.842. The van der Waals surface area contributed by atoms with E-state index in [9.17, 15) is 0 Å². The SMILES string of the molecule is Cc1cc(C#N)nc(NCC(C)C(C)C)n1. The van der Waals surface area contributed by atoms with Crippen molar-refractivity contribution in [2.45, 2.75) is 27.7 Å². The molecule has 0 aliphatic carbocycles. The van der Waals surface area contributed by atoms with E-state index in [1.807, 2.05) is 13.0 Å². The second-order valence-electron chi connectivity index (χ2n) is 4.43. The predicted molar refractivity (Wildman–Crippen MR) is 64.0 cm³/mol. The van der Waals surface area contributed by atoms with Crippen LogP contribution in [-0.2, 0) is 0 Å². The molecule has 1 unspecified atom stereocenters. The number of rotatable bonds is 4. The number of hydrogen-bond donors (Lipinski definition) is 1. The molecule has 0 aliphatic rings. The Bertz CT molecular complexity index is 392. The molecule has 0 saturated carbocycles. The Hall–Kier alpha value is -1.63. The molecule has 0 spiro atoms. The zero-order valence-electron chi connectivity index (χ0n) is 10.3. The van der Waals surface area contributed by atoms with E-state index in [2.05, 4.69) is 36.1 Å². The molecule has 0 aliphatic heterocycles. The van der Waals surface area contributed by atoms with E-state index in [-0.39, 0.29) is 0 Å². The van der Waals surface area contributed by atoms with Crippen LogP contribution in [0.3, 0.4) is 0 Å². The van der Waals surface area contributed by atoms with E-state index in [1.165, 1.54) is 0 Å². The first-order chi connectivity index (χ1) is 7.52. The van der Waals surface area contributed by atoms with Gasteiger partial charge in [0.05, 0.1) is 0 Å². The fraction of sp³-hybridized carbons (Fsp3) is 0.583. The van der Waals surface area contributed by atoms with Crippen LogP contribution in [-0.4, -0.2) is 16.5 Å². The van der Waals surface area contributed by atoms with E-state index >= 15 is 0 Å². The Morgan fingerprint density at radius 2 is 2.06 bits per heavy atom. The molecule has 4 nitrogen and oxygen atoms in total. The first kappa shape index (κ1) is 12.4. The second kappa shape index (κ2) is 5.45. The molecule has 4 heteroatoms. The Labute approximate surface area is 96.7 Å². The maximum atomic E-state index is 8.78. The number of aromatic nitrogens is 2. The first-order valence-electron chi connectivity index (χ1n) is 5.52. The van der Waals surface area contributed by atoms with Gasteiger partial charge in [0.25, 0.3) is 0 Å². The highest BCUT2D eigenvalue weighted by Gasteiger charge is 2.08. The summed E-state index contributed by atoms with van der Waals surface area (Å²) in [7, 11) is 0. The summed E-state index contributed by atoms with van der Waals surface area (Å²) in [5.41, 5.74) is 1.22. The molecule has 1 aromatic heterocycles. The minimum atomic E-state index is 0.409. The summed E-state index contributed by atoms with van der Waals surface area (Å²) in [4.78, 5) is 8.34. The summed E-state index contributed by atoms with van der Waals surface area (Å²) in [5.74, 6) is 1.71. The number of nitrogens with zero attached hydrogens (tertiary/aromatic N) is 3. The zero-order valence-corrected chi connectivity index (χ0v) is 10.3. The summed E-state index contributed by atoms with van der Waals surface area (Å²) in [6.45, 7) is 9.23. The van der Waals surface area contributed by atoms with E-state index in [4.69, 9.17) is 5.26 Å². The van der Waals surface area contributed by atoms with Gasteiger partial charge in [-0.2, -0.15) is 5.26 Å². The van der Waals surface area contributed by atoms with Crippen LogP contribution in [0.1, 0.15) is 32.2 Å². The van der Waals surface area contributed by atoms with Gasteiger partial charge in [-0.3, -0.25) is 0 Å². The van der Waals surface area contributed by atoms with Gasteiger partial charge in [0.15, 0.2) is 0 Å². The van der Waals surface area contributed by atoms with E-state index in [0.717, 1.165) is 12.2 Å². The Balaban J connectivity index is 2.68. The molecule has 16 heavy (non-hydrogen) atoms. The molecule has 0 aromatic carbocycles. The molecule has 0 amide bonds. The van der Waals surface area contributed by atoms with Gasteiger partial charge in [0.2, 0.25) is 5.95 Å². The predicted octanol–water partition coefficient (Wildman–Crippen LogP) is 2.36. The van der Waals surface area contributed by atoms with Gasteiger partial charge in [0.1, 0.15) is 11.8 Å². The number of nitriles is 1. The van der Waals surface area contributed by atoms with Crippen molar-refractivity contribution in [1.29, 1.82) is 5.26 Å². The third-order valence-electron chi connectivity index (χ3n) is 2.69. The fourth-order valence-corrected chi connectivity index (χ4v) is 1.19. The van der Waals surface area contributed by atoms with E-state index < -0.39 is 0 Å². The number of aryl methyl sites for hydroxylation is 1. The van der Waals surface area contributed by atoms with Gasteiger partial charge >= 0.3 is 0 Å². The first-order valence-corrected chi connectivity index (χ1v) is 5.52. The van der Waals surface area contributed by atoms with Gasteiger partial charge < -0.3 is 5.32 Å². The van der Waals surface area contributed by atoms with Crippen molar-refractivity contribution in [3.8, 4) is 6.07 Å². The van der Waals surface area contributed by atoms with Crippen molar-refractivity contribution in [3.05, 3.63) is 17.5 Å². The van der Waals surface area contributed by atoms with Crippen LogP contribution in [0.5, 0.6) is 0 Å². The van der Waals surface area contributed by atoms with Crippen LogP contribution >= 0.6 is 0 Å². The van der Waals surface area contributed by atoms with Crippen molar-refractivity contribution in [3.63, 3.8) is 0 Å². The van der Waals surface area contributed by atoms with Gasteiger partial charge in [-0.1, -0.05) is 20.8 Å². The summed E-state index contributed by atoms with van der Waals surface area (Å²) in [6.07, 6.45) is 0. The average molecular weight is 218 g/mol. The highest BCUT2D eigenvalue weighted by Crippen LogP contribution is 2.10. The van der Waals surface area contributed by atoms with Crippen molar-refractivity contribution < 1.29 is 0 Å². The molecule has 0 radical (unpaired) electrons. The molecule has 86 valence electrons. The van der Waals surface area contributed by atoms with E-state index in [0.29, 0.717) is 23.5 Å². The minimum Gasteiger partial charge on any atom is -0.354 e. The largest absolute Gasteiger partial charge is 0.354 e. The van der Waals surface area contributed by atoms with Crippen LogP contribution in [0, 0.1) is 30.1 Å². The van der Waals surface area contributed by atoms with Crippen molar-refractivity contribution >= 4 is 5.95 Å². The standard InChI is InChI=1S/C12H18N4/c1-8(2)9(3)7-14-12-15-10(4)5-11(6-13)16-12/h5,8-9H,7H2,1-4H3,(H,14,15,16). The second-order valence-corrected chi connectivity index (χ2v) is 4.43. The average Bonchev–Trinajstić information content (AvgIpc) is 2.24. The normalized spacial score (nSPS) is 12.2. The summed E-state index contributed by atoms with van der Waals surface area (Å²) in [6, 6.07) is 3.71. The molecule has 1 N–H and O–H groups in total. The molecule has 0 fully saturated rings. The number of hydrogen-bond acceptors (Lipinski definition) is 4. The monoisotopic (exact) mass is 218 g/mol. The van der Waals surface area contributed by atoms with Gasteiger partial charge in [-0.25, -0.2) is 9.97 Å². The van der Waals surface area contributed by atoms with Crippen LogP contribution in [0.25, 0.3) is 0 Å². The molecular weight excluding hydrogens is 200 g/mol. The molecule has 0 bridgehead atoms. The maximum Gasteiger partial charge on any atom is 0.224 e. The lowest BCUT2D eigenvalue weighted by atomic mass is 9.98. The highest BCUT2D eigenvalue weighted by atomic mass is 15.1. The number of nitrogens with one attached hydrogen (secondary N) is 1. The Morgan fingerprint density at radius 1 is 1.38 bits per heavy atom. The van der Waals surface area contributed by atoms with Crippen LogP contribution in [0.4, 0.5) is 5.95 Å². The Morgan fingerprint density at radius 3 is 2.62 bits per heavy atom. The lowest BCUT2D eigenvalue weighted by Crippen LogP contribution is -2.17. The smallest absolute Gasteiger partial charge is 0.224 e. The van der Waals surface area contributed by atoms with Crippen molar-refractivity contribution in [2.75, 3.05) is 11.9 Å². The molecule has 1 heterocycles. The molecule has 1 atom stereocenters. The summed E-state index contributed by atoms with van der Waals surface area (Å²) in [5, 5.41) is 12.0. The third kappa shape index (κ3) is 3.50. The summed E-state index contributed by atoms with van der Waals surface area (Å²) >= 11 is 0. The van der Waals surface area contributed by atoms with Gasteiger partial charge in [-0.15, -0.1) is 0 Å². The van der Waals surface area contributed by atoms with Crippen molar-refractivity contribution in [1.82, 2.24) is 9.97 Å². The van der Waals surface area contributed by atoms with Gasteiger partial charge in [-0.05, 0) is 24.8 Å². The van der Waals surface area contributed by atoms with Crippen LogP contribution in [0.15, 0.2) is 6.07 Å². The lowest BCUT2D eigenvalue weighted by molar-refractivity contribution is 0.439. The van der Waals surface area contributed by atoms with Crippen LogP contribution < -0.4 is 5.32 Å². The van der Waals surface area contributed by atoms with Crippen molar-refractivity contribution in [2.24, 2.45) is 11.8 Å². The summed E-state index contributed by atoms with van der Waals surface area (Å²) < 4.78 is 0. The molecule has 1 aromatic rings. The maximum absolute atomic E-state index is 8.78. The topological polar surface area (TPSA) is 61.6 Å². The lowest BCUT2D eigenvalue weighted by Gasteiger charge is -2.16. The van der Waals surface area contributed by atoms with Gasteiger partial charge in [0, 0.05) is 12.2 Å². The van der Waals surface area contributed by atoms with Crippen LogP contribution in [0.2, 0.25) is 0 Å². The highest BCUT2D eigenvalue weighted by molar-refractivity contribution is 5.32. The molecule has 1 rings (SSSR count). The fourth-order valence-electron chi connectivity index (χ4n) is 1.19. The Kier molecular flexibility index (Phi) is 4.24.